The van der Waals surface area contributed by atoms with Crippen LogP contribution < -0.4 is 5.32 Å². The van der Waals surface area contributed by atoms with Gasteiger partial charge in [0.05, 0.1) is 10.7 Å². The van der Waals surface area contributed by atoms with Gasteiger partial charge >= 0.3 is 0 Å². The highest BCUT2D eigenvalue weighted by atomic mass is 79.9. The Bertz CT molecular complexity index is 945. The lowest BCUT2D eigenvalue weighted by atomic mass is 10.2. The Hall–Kier alpha value is -2.72. The first kappa shape index (κ1) is 18.1. The zero-order valence-electron chi connectivity index (χ0n) is 13.1. The summed E-state index contributed by atoms with van der Waals surface area (Å²) >= 11 is 4.43. The highest BCUT2D eigenvalue weighted by Crippen LogP contribution is 2.24. The Morgan fingerprint density at radius 2 is 2.00 bits per heavy atom. The minimum Gasteiger partial charge on any atom is -0.411 e. The van der Waals surface area contributed by atoms with Crippen LogP contribution in [0.1, 0.15) is 0 Å². The number of benzene rings is 2. The van der Waals surface area contributed by atoms with Crippen LogP contribution in [0.4, 0.5) is 11.4 Å². The molecule has 3 rings (SSSR count). The third-order valence-corrected chi connectivity index (χ3v) is 4.51. The zero-order chi connectivity index (χ0) is 18.5. The van der Waals surface area contributed by atoms with E-state index < -0.39 is 4.92 Å². The van der Waals surface area contributed by atoms with Gasteiger partial charge in [0, 0.05) is 27.9 Å². The van der Waals surface area contributed by atoms with Crippen LogP contribution in [-0.2, 0) is 4.79 Å². The fraction of sp³-hybridized carbons (Fsp3) is 0.0625. The van der Waals surface area contributed by atoms with Crippen molar-refractivity contribution in [2.24, 2.45) is 0 Å². The number of nitrogens with one attached hydrogen (secondary N) is 1. The molecular weight excluding hydrogens is 424 g/mol. The molecule has 0 atom stereocenters. The average Bonchev–Trinajstić information content (AvgIpc) is 3.10. The number of hydrogen-bond acceptors (Lipinski definition) is 7. The third kappa shape index (κ3) is 4.67. The lowest BCUT2D eigenvalue weighted by molar-refractivity contribution is -0.384. The number of nitrogens with zero attached hydrogens (tertiary/aromatic N) is 3. The van der Waals surface area contributed by atoms with Crippen molar-refractivity contribution in [3.63, 3.8) is 0 Å². The van der Waals surface area contributed by atoms with Crippen LogP contribution in [0.2, 0.25) is 0 Å². The number of nitro benzene ring substituents is 1. The maximum atomic E-state index is 12.0. The highest BCUT2D eigenvalue weighted by molar-refractivity contribution is 9.10. The molecule has 0 saturated heterocycles. The molecule has 0 saturated carbocycles. The first-order valence-electron chi connectivity index (χ1n) is 7.28. The first-order valence-corrected chi connectivity index (χ1v) is 9.06. The van der Waals surface area contributed by atoms with E-state index in [0.29, 0.717) is 11.6 Å². The van der Waals surface area contributed by atoms with Gasteiger partial charge in [0.25, 0.3) is 10.9 Å². The van der Waals surface area contributed by atoms with Crippen molar-refractivity contribution in [1.82, 2.24) is 10.2 Å². The van der Waals surface area contributed by atoms with E-state index in [1.54, 1.807) is 6.07 Å². The second-order valence-corrected chi connectivity index (χ2v) is 6.87. The molecule has 132 valence electrons. The van der Waals surface area contributed by atoms with Gasteiger partial charge in [-0.2, -0.15) is 0 Å². The molecule has 0 fully saturated rings. The molecule has 0 radical (unpaired) electrons. The van der Waals surface area contributed by atoms with Crippen molar-refractivity contribution >= 4 is 45.0 Å². The van der Waals surface area contributed by atoms with Gasteiger partial charge in [0.2, 0.25) is 11.8 Å². The molecule has 0 aliphatic heterocycles. The third-order valence-electron chi connectivity index (χ3n) is 3.17. The van der Waals surface area contributed by atoms with Crippen LogP contribution in [0.25, 0.3) is 11.5 Å². The minimum absolute atomic E-state index is 0.0324. The molecule has 8 nitrogen and oxygen atoms in total. The van der Waals surface area contributed by atoms with Crippen LogP contribution in [0.3, 0.4) is 0 Å². The standard InChI is InChI=1S/C16H11BrN4O4S/c17-11-6-4-10(5-7-11)15-19-20-16(25-15)26-9-14(22)18-12-2-1-3-13(8-12)21(23)24/h1-8H,9H2,(H,18,22). The first-order chi connectivity index (χ1) is 12.5. The number of non-ortho nitro benzene ring substituents is 1. The number of anilines is 1. The van der Waals surface area contributed by atoms with E-state index in [4.69, 9.17) is 4.42 Å². The van der Waals surface area contributed by atoms with Gasteiger partial charge in [-0.25, -0.2) is 0 Å². The van der Waals surface area contributed by atoms with E-state index in [2.05, 4.69) is 31.4 Å². The molecule has 2 aromatic carbocycles. The van der Waals surface area contributed by atoms with Gasteiger partial charge in [-0.05, 0) is 30.3 Å². The Morgan fingerprint density at radius 3 is 2.73 bits per heavy atom. The summed E-state index contributed by atoms with van der Waals surface area (Å²) in [4.78, 5) is 22.2. The maximum Gasteiger partial charge on any atom is 0.277 e. The molecule has 10 heteroatoms. The molecule has 1 heterocycles. The Balaban J connectivity index is 1.57. The molecule has 1 aromatic heterocycles. The van der Waals surface area contributed by atoms with Crippen LogP contribution >= 0.6 is 27.7 Å². The van der Waals surface area contributed by atoms with Crippen LogP contribution in [0.15, 0.2) is 62.6 Å². The number of carbonyl (C=O) groups excluding carboxylic acids is 1. The van der Waals surface area contributed by atoms with Gasteiger partial charge in [-0.15, -0.1) is 10.2 Å². The molecule has 0 aliphatic carbocycles. The number of thioether (sulfide) groups is 1. The van der Waals surface area contributed by atoms with Crippen LogP contribution in [0.5, 0.6) is 0 Å². The number of halogens is 1. The SMILES string of the molecule is O=C(CSc1nnc(-c2ccc(Br)cc2)o1)Nc1cccc([N+](=O)[O-])c1. The van der Waals surface area contributed by atoms with E-state index in [1.807, 2.05) is 24.3 Å². The zero-order valence-corrected chi connectivity index (χ0v) is 15.5. The molecule has 3 aromatic rings. The van der Waals surface area contributed by atoms with Gasteiger partial charge in [-0.1, -0.05) is 33.8 Å². The number of amides is 1. The van der Waals surface area contributed by atoms with Crippen molar-refractivity contribution in [2.75, 3.05) is 11.1 Å². The highest BCUT2D eigenvalue weighted by Gasteiger charge is 2.12. The van der Waals surface area contributed by atoms with Gasteiger partial charge in [0.15, 0.2) is 0 Å². The Labute approximate surface area is 160 Å². The van der Waals surface area contributed by atoms with Crippen molar-refractivity contribution in [2.45, 2.75) is 5.22 Å². The molecule has 0 bridgehead atoms. The number of rotatable bonds is 6. The molecule has 0 unspecified atom stereocenters. The fourth-order valence-electron chi connectivity index (χ4n) is 2.00. The van der Waals surface area contributed by atoms with Gasteiger partial charge in [0.1, 0.15) is 0 Å². The maximum absolute atomic E-state index is 12.0. The molecule has 0 aliphatic rings. The van der Waals surface area contributed by atoms with E-state index in [-0.39, 0.29) is 22.6 Å². The van der Waals surface area contributed by atoms with Crippen molar-refractivity contribution < 1.29 is 14.1 Å². The van der Waals surface area contributed by atoms with Crippen LogP contribution in [-0.4, -0.2) is 26.8 Å². The lowest BCUT2D eigenvalue weighted by Gasteiger charge is -2.03. The van der Waals surface area contributed by atoms with Crippen molar-refractivity contribution in [3.05, 3.63) is 63.1 Å². The van der Waals surface area contributed by atoms with Crippen molar-refractivity contribution in [1.29, 1.82) is 0 Å². The second-order valence-electron chi connectivity index (χ2n) is 5.02. The van der Waals surface area contributed by atoms with Crippen molar-refractivity contribution in [3.8, 4) is 11.5 Å². The summed E-state index contributed by atoms with van der Waals surface area (Å²) in [6.45, 7) is 0. The minimum atomic E-state index is -0.521. The normalized spacial score (nSPS) is 10.5. The monoisotopic (exact) mass is 434 g/mol. The summed E-state index contributed by atoms with van der Waals surface area (Å²) in [5.74, 6) is 0.0583. The summed E-state index contributed by atoms with van der Waals surface area (Å²) < 4.78 is 6.46. The predicted molar refractivity (Wildman–Crippen MR) is 99.9 cm³/mol. The Kier molecular flexibility index (Phi) is 5.64. The second kappa shape index (κ2) is 8.11. The summed E-state index contributed by atoms with van der Waals surface area (Å²) in [6, 6.07) is 13.1. The Morgan fingerprint density at radius 1 is 1.23 bits per heavy atom. The van der Waals surface area contributed by atoms with E-state index in [1.165, 1.54) is 18.2 Å². The number of nitro groups is 1. The molecule has 1 amide bonds. The average molecular weight is 435 g/mol. The van der Waals surface area contributed by atoms with Gasteiger partial charge in [-0.3, -0.25) is 14.9 Å². The molecule has 26 heavy (non-hydrogen) atoms. The van der Waals surface area contributed by atoms with E-state index >= 15 is 0 Å². The molecular formula is C16H11BrN4O4S. The quantitative estimate of drug-likeness (QED) is 0.352. The summed E-state index contributed by atoms with van der Waals surface area (Å²) in [5.41, 5.74) is 1.03. The van der Waals surface area contributed by atoms with E-state index in [0.717, 1.165) is 21.8 Å². The van der Waals surface area contributed by atoms with Crippen LogP contribution in [0, 0.1) is 10.1 Å². The number of aromatic nitrogens is 2. The fourth-order valence-corrected chi connectivity index (χ4v) is 2.83. The molecule has 0 spiro atoms. The number of carbonyl (C=O) groups is 1. The topological polar surface area (TPSA) is 111 Å². The number of hydrogen-bond donors (Lipinski definition) is 1. The van der Waals surface area contributed by atoms with Gasteiger partial charge < -0.3 is 9.73 Å². The van der Waals surface area contributed by atoms with E-state index in [9.17, 15) is 14.9 Å². The summed E-state index contributed by atoms with van der Waals surface area (Å²) in [5, 5.41) is 21.4. The predicted octanol–water partition coefficient (Wildman–Crippen LogP) is 4.14. The smallest absolute Gasteiger partial charge is 0.277 e. The summed E-state index contributed by atoms with van der Waals surface area (Å²) in [7, 11) is 0. The lowest BCUT2D eigenvalue weighted by Crippen LogP contribution is -2.14. The molecule has 1 N–H and O–H groups in total. The summed E-state index contributed by atoms with van der Waals surface area (Å²) in [6.07, 6.45) is 0. The largest absolute Gasteiger partial charge is 0.411 e.